The summed E-state index contributed by atoms with van der Waals surface area (Å²) in [6, 6.07) is 0.330. The van der Waals surface area contributed by atoms with Gasteiger partial charge in [-0.3, -0.25) is 4.79 Å². The van der Waals surface area contributed by atoms with Gasteiger partial charge in [0, 0.05) is 18.3 Å². The number of hydrogen-bond acceptors (Lipinski definition) is 1. The highest BCUT2D eigenvalue weighted by atomic mass is 35.5. The van der Waals surface area contributed by atoms with Crippen molar-refractivity contribution < 1.29 is 4.79 Å². The summed E-state index contributed by atoms with van der Waals surface area (Å²) in [7, 11) is 0. The fourth-order valence-electron chi connectivity index (χ4n) is 3.48. The van der Waals surface area contributed by atoms with Gasteiger partial charge in [0.1, 0.15) is 0 Å². The molecule has 1 aliphatic carbocycles. The summed E-state index contributed by atoms with van der Waals surface area (Å²) in [5.74, 6) is 0.721. The standard InChI is InChI=1S/C14H26ClNO/c1-13(2)8-11(9-14(3,4)10-13)16-12(17)6-5-7-15/h11H,5-10H2,1-4H3,(H,16,17). The quantitative estimate of drug-likeness (QED) is 0.766. The Morgan fingerprint density at radius 2 is 1.76 bits per heavy atom. The number of nitrogens with one attached hydrogen (secondary N) is 1. The number of halogens is 1. The SMILES string of the molecule is CC1(C)CC(NC(=O)CCCCl)CC(C)(C)C1. The van der Waals surface area contributed by atoms with Crippen molar-refractivity contribution in [3.8, 4) is 0 Å². The predicted octanol–water partition coefficient (Wildman–Crippen LogP) is 3.73. The van der Waals surface area contributed by atoms with Gasteiger partial charge < -0.3 is 5.32 Å². The molecular formula is C14H26ClNO. The van der Waals surface area contributed by atoms with Crippen LogP contribution in [0.4, 0.5) is 0 Å². The second-order valence-corrected chi connectivity index (χ2v) is 7.35. The molecular weight excluding hydrogens is 234 g/mol. The van der Waals surface area contributed by atoms with Crippen LogP contribution >= 0.6 is 11.6 Å². The van der Waals surface area contributed by atoms with Crippen molar-refractivity contribution in [2.45, 2.75) is 65.8 Å². The van der Waals surface area contributed by atoms with Crippen LogP contribution in [0.3, 0.4) is 0 Å². The number of carbonyl (C=O) groups excluding carboxylic acids is 1. The van der Waals surface area contributed by atoms with Crippen LogP contribution in [0.2, 0.25) is 0 Å². The Bertz CT molecular complexity index is 257. The van der Waals surface area contributed by atoms with Gasteiger partial charge in [-0.05, 0) is 36.5 Å². The number of amides is 1. The first-order valence-corrected chi connectivity index (χ1v) is 7.13. The van der Waals surface area contributed by atoms with Gasteiger partial charge in [0.2, 0.25) is 5.91 Å². The highest BCUT2D eigenvalue weighted by Crippen LogP contribution is 2.45. The van der Waals surface area contributed by atoms with Crippen LogP contribution < -0.4 is 5.32 Å². The van der Waals surface area contributed by atoms with E-state index < -0.39 is 0 Å². The smallest absolute Gasteiger partial charge is 0.220 e. The van der Waals surface area contributed by atoms with Gasteiger partial charge in [-0.15, -0.1) is 11.6 Å². The Balaban J connectivity index is 2.51. The average Bonchev–Trinajstić information content (AvgIpc) is 2.09. The fraction of sp³-hybridized carbons (Fsp3) is 0.929. The van der Waals surface area contributed by atoms with Crippen molar-refractivity contribution in [2.24, 2.45) is 10.8 Å². The van der Waals surface area contributed by atoms with Crippen LogP contribution in [0.25, 0.3) is 0 Å². The lowest BCUT2D eigenvalue weighted by Crippen LogP contribution is -2.46. The molecule has 1 amide bonds. The van der Waals surface area contributed by atoms with Crippen LogP contribution in [-0.4, -0.2) is 17.8 Å². The molecule has 0 aromatic rings. The third-order valence-electron chi connectivity index (χ3n) is 3.46. The Hall–Kier alpha value is -0.240. The molecule has 0 bridgehead atoms. The van der Waals surface area contributed by atoms with E-state index in [1.807, 2.05) is 0 Å². The molecule has 0 aliphatic heterocycles. The average molecular weight is 260 g/mol. The van der Waals surface area contributed by atoms with Crippen LogP contribution in [0.1, 0.15) is 59.8 Å². The predicted molar refractivity (Wildman–Crippen MR) is 73.3 cm³/mol. The monoisotopic (exact) mass is 259 g/mol. The minimum atomic E-state index is 0.157. The van der Waals surface area contributed by atoms with Crippen LogP contribution in [0, 0.1) is 10.8 Å². The summed E-state index contributed by atoms with van der Waals surface area (Å²) in [5, 5.41) is 3.17. The molecule has 0 aromatic heterocycles. The zero-order valence-corrected chi connectivity index (χ0v) is 12.4. The second kappa shape index (κ2) is 5.60. The minimum Gasteiger partial charge on any atom is -0.353 e. The first-order valence-electron chi connectivity index (χ1n) is 6.59. The third-order valence-corrected chi connectivity index (χ3v) is 3.72. The number of rotatable bonds is 4. The van der Waals surface area contributed by atoms with Gasteiger partial charge in [-0.1, -0.05) is 27.7 Å². The first-order chi connectivity index (χ1) is 7.74. The fourth-order valence-corrected chi connectivity index (χ4v) is 3.61. The molecule has 0 radical (unpaired) electrons. The van der Waals surface area contributed by atoms with Crippen molar-refractivity contribution in [3.05, 3.63) is 0 Å². The van der Waals surface area contributed by atoms with E-state index in [9.17, 15) is 4.79 Å². The molecule has 2 nitrogen and oxygen atoms in total. The van der Waals surface area contributed by atoms with Gasteiger partial charge in [-0.2, -0.15) is 0 Å². The molecule has 1 rings (SSSR count). The third kappa shape index (κ3) is 5.29. The largest absolute Gasteiger partial charge is 0.353 e. The first kappa shape index (κ1) is 14.8. The van der Waals surface area contributed by atoms with Crippen LogP contribution in [0.15, 0.2) is 0 Å². The number of hydrogen-bond donors (Lipinski definition) is 1. The molecule has 3 heteroatoms. The molecule has 0 atom stereocenters. The summed E-state index contributed by atoms with van der Waals surface area (Å²) in [6.45, 7) is 9.19. The van der Waals surface area contributed by atoms with Crippen molar-refractivity contribution in [3.63, 3.8) is 0 Å². The maximum atomic E-state index is 11.7. The molecule has 0 aromatic carbocycles. The van der Waals surface area contributed by atoms with Gasteiger partial charge in [0.25, 0.3) is 0 Å². The molecule has 100 valence electrons. The summed E-state index contributed by atoms with van der Waals surface area (Å²) in [5.41, 5.74) is 0.651. The van der Waals surface area contributed by atoms with E-state index in [1.165, 1.54) is 6.42 Å². The molecule has 0 spiro atoms. The van der Waals surface area contributed by atoms with Crippen molar-refractivity contribution in [1.82, 2.24) is 5.32 Å². The molecule has 1 N–H and O–H groups in total. The highest BCUT2D eigenvalue weighted by Gasteiger charge is 2.38. The van der Waals surface area contributed by atoms with Crippen molar-refractivity contribution in [2.75, 3.05) is 5.88 Å². The molecule has 0 unspecified atom stereocenters. The van der Waals surface area contributed by atoms with Crippen LogP contribution in [-0.2, 0) is 4.79 Å². The van der Waals surface area contributed by atoms with Gasteiger partial charge >= 0.3 is 0 Å². The Morgan fingerprint density at radius 1 is 1.24 bits per heavy atom. The van der Waals surface area contributed by atoms with E-state index in [1.54, 1.807) is 0 Å². The van der Waals surface area contributed by atoms with E-state index in [0.717, 1.165) is 19.3 Å². The molecule has 1 saturated carbocycles. The Kier molecular flexibility index (Phi) is 4.88. The van der Waals surface area contributed by atoms with E-state index >= 15 is 0 Å². The Morgan fingerprint density at radius 3 is 2.24 bits per heavy atom. The van der Waals surface area contributed by atoms with E-state index in [-0.39, 0.29) is 5.91 Å². The highest BCUT2D eigenvalue weighted by molar-refractivity contribution is 6.17. The number of alkyl halides is 1. The molecule has 17 heavy (non-hydrogen) atoms. The lowest BCUT2D eigenvalue weighted by atomic mass is 9.63. The molecule has 1 aliphatic rings. The molecule has 1 fully saturated rings. The normalized spacial score (nSPS) is 23.4. The van der Waals surface area contributed by atoms with E-state index in [4.69, 9.17) is 11.6 Å². The van der Waals surface area contributed by atoms with Gasteiger partial charge in [-0.25, -0.2) is 0 Å². The maximum absolute atomic E-state index is 11.7. The van der Waals surface area contributed by atoms with Crippen molar-refractivity contribution >= 4 is 17.5 Å². The Labute approximate surface area is 110 Å². The molecule has 0 heterocycles. The number of carbonyl (C=O) groups is 1. The molecule has 0 saturated heterocycles. The summed E-state index contributed by atoms with van der Waals surface area (Å²) in [4.78, 5) is 11.7. The lowest BCUT2D eigenvalue weighted by Gasteiger charge is -2.45. The van der Waals surface area contributed by atoms with E-state index in [0.29, 0.717) is 29.2 Å². The summed E-state index contributed by atoms with van der Waals surface area (Å²) in [6.07, 6.45) is 4.73. The second-order valence-electron chi connectivity index (χ2n) is 6.97. The van der Waals surface area contributed by atoms with Gasteiger partial charge in [0.15, 0.2) is 0 Å². The maximum Gasteiger partial charge on any atom is 0.220 e. The summed E-state index contributed by atoms with van der Waals surface area (Å²) >= 11 is 5.60. The minimum absolute atomic E-state index is 0.157. The topological polar surface area (TPSA) is 29.1 Å². The van der Waals surface area contributed by atoms with E-state index in [2.05, 4.69) is 33.0 Å². The summed E-state index contributed by atoms with van der Waals surface area (Å²) < 4.78 is 0. The van der Waals surface area contributed by atoms with Crippen molar-refractivity contribution in [1.29, 1.82) is 0 Å². The van der Waals surface area contributed by atoms with Gasteiger partial charge in [0.05, 0.1) is 0 Å². The zero-order valence-electron chi connectivity index (χ0n) is 11.6. The lowest BCUT2D eigenvalue weighted by molar-refractivity contribution is -0.122. The van der Waals surface area contributed by atoms with Crippen LogP contribution in [0.5, 0.6) is 0 Å². The zero-order chi connectivity index (χ0) is 13.1.